The first-order chi connectivity index (χ1) is 7.63. The lowest BCUT2D eigenvalue weighted by Gasteiger charge is -2.32. The van der Waals surface area contributed by atoms with Crippen LogP contribution in [0.25, 0.3) is 0 Å². The summed E-state index contributed by atoms with van der Waals surface area (Å²) in [6.07, 6.45) is 4.50. The summed E-state index contributed by atoms with van der Waals surface area (Å²) in [5.74, 6) is 0. The van der Waals surface area contributed by atoms with Gasteiger partial charge >= 0.3 is 0 Å². The van der Waals surface area contributed by atoms with Gasteiger partial charge in [0.2, 0.25) is 0 Å². The Labute approximate surface area is 100 Å². The van der Waals surface area contributed by atoms with Crippen molar-refractivity contribution < 1.29 is 5.11 Å². The molecule has 1 saturated heterocycles. The molecule has 1 aliphatic heterocycles. The fourth-order valence-corrected chi connectivity index (χ4v) is 2.51. The summed E-state index contributed by atoms with van der Waals surface area (Å²) >= 11 is 0. The predicted octanol–water partition coefficient (Wildman–Crippen LogP) is 1.61. The first kappa shape index (κ1) is 13.9. The monoisotopic (exact) mass is 228 g/mol. The molecular weight excluding hydrogens is 200 g/mol. The van der Waals surface area contributed by atoms with Gasteiger partial charge < -0.3 is 15.3 Å². The quantitative estimate of drug-likeness (QED) is 0.750. The van der Waals surface area contributed by atoms with E-state index in [1.807, 2.05) is 0 Å². The van der Waals surface area contributed by atoms with E-state index in [4.69, 9.17) is 0 Å². The van der Waals surface area contributed by atoms with Gasteiger partial charge in [0.1, 0.15) is 0 Å². The van der Waals surface area contributed by atoms with E-state index in [9.17, 15) is 5.11 Å². The Morgan fingerprint density at radius 3 is 2.62 bits per heavy atom. The van der Waals surface area contributed by atoms with Crippen LogP contribution in [-0.2, 0) is 0 Å². The largest absolute Gasteiger partial charge is 0.394 e. The Morgan fingerprint density at radius 2 is 2.06 bits per heavy atom. The topological polar surface area (TPSA) is 35.5 Å². The summed E-state index contributed by atoms with van der Waals surface area (Å²) in [6.45, 7) is 10.3. The fourth-order valence-electron chi connectivity index (χ4n) is 2.51. The Morgan fingerprint density at radius 1 is 1.31 bits per heavy atom. The molecule has 1 heterocycles. The van der Waals surface area contributed by atoms with Crippen LogP contribution in [0.1, 0.15) is 46.5 Å². The molecule has 0 aromatic rings. The molecule has 0 aromatic carbocycles. The minimum absolute atomic E-state index is 0.0142. The van der Waals surface area contributed by atoms with Crippen LogP contribution in [0.5, 0.6) is 0 Å². The lowest BCUT2D eigenvalue weighted by molar-refractivity contribution is 0.140. The van der Waals surface area contributed by atoms with Crippen molar-refractivity contribution in [2.24, 2.45) is 0 Å². The molecule has 1 fully saturated rings. The highest BCUT2D eigenvalue weighted by atomic mass is 16.3. The second-order valence-corrected chi connectivity index (χ2v) is 5.35. The van der Waals surface area contributed by atoms with Crippen LogP contribution in [0.4, 0.5) is 0 Å². The molecular formula is C13H28N2O. The van der Waals surface area contributed by atoms with E-state index in [0.717, 1.165) is 32.4 Å². The van der Waals surface area contributed by atoms with Crippen LogP contribution in [-0.4, -0.2) is 47.8 Å². The van der Waals surface area contributed by atoms with Gasteiger partial charge in [-0.05, 0) is 52.6 Å². The number of rotatable bonds is 5. The molecule has 1 rings (SSSR count). The number of hydrogen-bond donors (Lipinski definition) is 2. The highest BCUT2D eigenvalue weighted by Gasteiger charge is 2.31. The Kier molecular flexibility index (Phi) is 5.73. The van der Waals surface area contributed by atoms with E-state index in [2.05, 4.69) is 31.0 Å². The van der Waals surface area contributed by atoms with Crippen molar-refractivity contribution in [3.8, 4) is 0 Å². The summed E-state index contributed by atoms with van der Waals surface area (Å²) in [7, 11) is 0. The maximum absolute atomic E-state index is 9.64. The van der Waals surface area contributed by atoms with Gasteiger partial charge in [-0.3, -0.25) is 0 Å². The number of hydrogen-bond acceptors (Lipinski definition) is 3. The van der Waals surface area contributed by atoms with Crippen molar-refractivity contribution in [2.75, 3.05) is 26.2 Å². The third-order valence-electron chi connectivity index (χ3n) is 3.76. The number of aliphatic hydroxyl groups is 1. The van der Waals surface area contributed by atoms with E-state index in [0.29, 0.717) is 6.04 Å². The first-order valence-electron chi connectivity index (χ1n) is 6.73. The van der Waals surface area contributed by atoms with E-state index in [1.165, 1.54) is 13.0 Å². The highest BCUT2D eigenvalue weighted by Crippen LogP contribution is 2.23. The normalized spacial score (nSPS) is 28.3. The zero-order valence-corrected chi connectivity index (χ0v) is 11.1. The minimum Gasteiger partial charge on any atom is -0.394 e. The molecule has 3 heteroatoms. The Balaban J connectivity index is 2.53. The molecule has 0 amide bonds. The summed E-state index contributed by atoms with van der Waals surface area (Å²) in [5.41, 5.74) is -0.0142. The minimum atomic E-state index is -0.0142. The number of nitrogens with one attached hydrogen (secondary N) is 1. The molecule has 0 saturated carbocycles. The van der Waals surface area contributed by atoms with Crippen LogP contribution in [0.2, 0.25) is 0 Å². The summed E-state index contributed by atoms with van der Waals surface area (Å²) < 4.78 is 0. The lowest BCUT2D eigenvalue weighted by Crippen LogP contribution is -2.49. The number of aliphatic hydroxyl groups excluding tert-OH is 1. The second kappa shape index (κ2) is 6.58. The first-order valence-corrected chi connectivity index (χ1v) is 6.73. The van der Waals surface area contributed by atoms with Gasteiger partial charge in [0.05, 0.1) is 6.61 Å². The van der Waals surface area contributed by atoms with Gasteiger partial charge in [0.15, 0.2) is 0 Å². The molecule has 2 N–H and O–H groups in total. The summed E-state index contributed by atoms with van der Waals surface area (Å²) in [5, 5.41) is 13.2. The van der Waals surface area contributed by atoms with Gasteiger partial charge in [0.25, 0.3) is 0 Å². The predicted molar refractivity (Wildman–Crippen MR) is 68.7 cm³/mol. The van der Waals surface area contributed by atoms with Gasteiger partial charge in [-0.25, -0.2) is 0 Å². The van der Waals surface area contributed by atoms with E-state index >= 15 is 0 Å². The smallest absolute Gasteiger partial charge is 0.0613 e. The maximum Gasteiger partial charge on any atom is 0.0613 e. The standard InChI is InChI=1S/C13H28N2O/c1-4-8-14-13(11-16)6-5-9-15(10-7-13)12(2)3/h12,14,16H,4-11H2,1-3H3. The van der Waals surface area contributed by atoms with Crippen molar-refractivity contribution in [3.05, 3.63) is 0 Å². The molecule has 96 valence electrons. The Hall–Kier alpha value is -0.120. The molecule has 1 atom stereocenters. The average molecular weight is 228 g/mol. The molecule has 0 radical (unpaired) electrons. The van der Waals surface area contributed by atoms with E-state index < -0.39 is 0 Å². The summed E-state index contributed by atoms with van der Waals surface area (Å²) in [6, 6.07) is 0.626. The zero-order chi connectivity index (χ0) is 12.0. The van der Waals surface area contributed by atoms with Crippen LogP contribution in [0, 0.1) is 0 Å². The third kappa shape index (κ3) is 3.72. The van der Waals surface area contributed by atoms with Crippen molar-refractivity contribution in [1.29, 1.82) is 0 Å². The van der Waals surface area contributed by atoms with Crippen molar-refractivity contribution in [1.82, 2.24) is 10.2 Å². The average Bonchev–Trinajstić information content (AvgIpc) is 2.49. The highest BCUT2D eigenvalue weighted by molar-refractivity contribution is 4.91. The molecule has 0 aliphatic carbocycles. The molecule has 1 unspecified atom stereocenters. The van der Waals surface area contributed by atoms with Crippen molar-refractivity contribution >= 4 is 0 Å². The van der Waals surface area contributed by atoms with Crippen LogP contribution < -0.4 is 5.32 Å². The zero-order valence-electron chi connectivity index (χ0n) is 11.1. The van der Waals surface area contributed by atoms with Gasteiger partial charge in [0, 0.05) is 18.1 Å². The van der Waals surface area contributed by atoms with Gasteiger partial charge in [-0.2, -0.15) is 0 Å². The van der Waals surface area contributed by atoms with Crippen LogP contribution in [0.3, 0.4) is 0 Å². The van der Waals surface area contributed by atoms with Gasteiger partial charge in [-0.1, -0.05) is 6.92 Å². The van der Waals surface area contributed by atoms with E-state index in [1.54, 1.807) is 0 Å². The van der Waals surface area contributed by atoms with Gasteiger partial charge in [-0.15, -0.1) is 0 Å². The lowest BCUT2D eigenvalue weighted by atomic mass is 9.91. The molecule has 0 aromatic heterocycles. The van der Waals surface area contributed by atoms with Crippen LogP contribution in [0.15, 0.2) is 0 Å². The maximum atomic E-state index is 9.64. The van der Waals surface area contributed by atoms with Crippen molar-refractivity contribution in [2.45, 2.75) is 58.0 Å². The van der Waals surface area contributed by atoms with Crippen molar-refractivity contribution in [3.63, 3.8) is 0 Å². The molecule has 1 aliphatic rings. The fraction of sp³-hybridized carbons (Fsp3) is 1.00. The number of likely N-dealkylation sites (tertiary alicyclic amines) is 1. The molecule has 3 nitrogen and oxygen atoms in total. The summed E-state index contributed by atoms with van der Waals surface area (Å²) in [4.78, 5) is 2.52. The third-order valence-corrected chi connectivity index (χ3v) is 3.76. The van der Waals surface area contributed by atoms with Crippen LogP contribution >= 0.6 is 0 Å². The van der Waals surface area contributed by atoms with E-state index in [-0.39, 0.29) is 12.1 Å². The Bertz CT molecular complexity index is 196. The molecule has 0 bridgehead atoms. The molecule has 16 heavy (non-hydrogen) atoms. The second-order valence-electron chi connectivity index (χ2n) is 5.35. The molecule has 0 spiro atoms. The SMILES string of the molecule is CCCNC1(CO)CCCN(C(C)C)CC1. The number of nitrogens with zero attached hydrogens (tertiary/aromatic N) is 1.